The molecule has 1 aromatic rings. The molecule has 0 saturated heterocycles. The molecule has 6 nitrogen and oxygen atoms in total. The van der Waals surface area contributed by atoms with Crippen LogP contribution >= 0.6 is 0 Å². The van der Waals surface area contributed by atoms with Gasteiger partial charge in [-0.25, -0.2) is 4.79 Å². The highest BCUT2D eigenvalue weighted by atomic mass is 16.4. The highest BCUT2D eigenvalue weighted by Gasteiger charge is 2.19. The molecule has 1 atom stereocenters. The number of aliphatic carboxylic acids is 1. The van der Waals surface area contributed by atoms with Crippen LogP contribution in [0.5, 0.6) is 0 Å². The largest absolute Gasteiger partial charge is 0.480 e. The summed E-state index contributed by atoms with van der Waals surface area (Å²) in [5.41, 5.74) is 0.760. The molecule has 0 aliphatic rings. The molecule has 82 valence electrons. The monoisotopic (exact) mass is 211 g/mol. The normalized spacial score (nSPS) is 12.1. The van der Waals surface area contributed by atoms with Crippen molar-refractivity contribution in [3.63, 3.8) is 0 Å². The van der Waals surface area contributed by atoms with Gasteiger partial charge in [0.1, 0.15) is 6.04 Å². The number of carbonyl (C=O) groups excluding carboxylic acids is 1. The van der Waals surface area contributed by atoms with E-state index in [1.54, 1.807) is 24.0 Å². The lowest BCUT2D eigenvalue weighted by Crippen LogP contribution is -2.41. The third kappa shape index (κ3) is 3.08. The van der Waals surface area contributed by atoms with Gasteiger partial charge >= 0.3 is 5.97 Å². The third-order valence-electron chi connectivity index (χ3n) is 2.01. The van der Waals surface area contributed by atoms with Crippen molar-refractivity contribution < 1.29 is 14.7 Å². The van der Waals surface area contributed by atoms with Gasteiger partial charge < -0.3 is 10.4 Å². The molecule has 15 heavy (non-hydrogen) atoms. The van der Waals surface area contributed by atoms with Crippen molar-refractivity contribution in [2.75, 3.05) is 0 Å². The van der Waals surface area contributed by atoms with Crippen LogP contribution in [0.25, 0.3) is 0 Å². The number of carboxylic acids is 1. The number of hydrogen-bond donors (Lipinski definition) is 2. The number of aromatic nitrogens is 2. The minimum atomic E-state index is -1.05. The summed E-state index contributed by atoms with van der Waals surface area (Å²) in [4.78, 5) is 21.6. The molecule has 0 aromatic carbocycles. The van der Waals surface area contributed by atoms with Crippen molar-refractivity contribution in [3.05, 3.63) is 18.0 Å². The average molecular weight is 211 g/mol. The smallest absolute Gasteiger partial charge is 0.326 e. The van der Waals surface area contributed by atoms with Crippen molar-refractivity contribution in [1.29, 1.82) is 0 Å². The van der Waals surface area contributed by atoms with E-state index < -0.39 is 12.0 Å². The molecule has 1 amide bonds. The second-order valence-corrected chi connectivity index (χ2v) is 3.24. The van der Waals surface area contributed by atoms with Crippen LogP contribution in [0.2, 0.25) is 0 Å². The fourth-order valence-electron chi connectivity index (χ4n) is 1.26. The summed E-state index contributed by atoms with van der Waals surface area (Å²) in [6, 6.07) is 0.815. The van der Waals surface area contributed by atoms with E-state index >= 15 is 0 Å². The second kappa shape index (κ2) is 4.59. The third-order valence-corrected chi connectivity index (χ3v) is 2.01. The first-order chi connectivity index (χ1) is 7.00. The molecular weight excluding hydrogens is 198 g/mol. The number of carbonyl (C=O) groups is 2. The summed E-state index contributed by atoms with van der Waals surface area (Å²) in [6.45, 7) is 1.29. The Morgan fingerprint density at radius 1 is 1.67 bits per heavy atom. The quantitative estimate of drug-likeness (QED) is 0.706. The van der Waals surface area contributed by atoms with E-state index in [2.05, 4.69) is 10.4 Å². The van der Waals surface area contributed by atoms with E-state index in [0.717, 1.165) is 5.69 Å². The molecule has 0 aliphatic carbocycles. The van der Waals surface area contributed by atoms with Crippen LogP contribution in [0.15, 0.2) is 12.3 Å². The fraction of sp³-hybridized carbons (Fsp3) is 0.444. The number of amides is 1. The first-order valence-corrected chi connectivity index (χ1v) is 4.47. The van der Waals surface area contributed by atoms with Gasteiger partial charge in [0.15, 0.2) is 0 Å². The van der Waals surface area contributed by atoms with Crippen molar-refractivity contribution in [2.24, 2.45) is 7.05 Å². The fourth-order valence-corrected chi connectivity index (χ4v) is 1.26. The lowest BCUT2D eigenvalue weighted by molar-refractivity contribution is -0.141. The summed E-state index contributed by atoms with van der Waals surface area (Å²) >= 11 is 0. The number of nitrogens with zero attached hydrogens (tertiary/aromatic N) is 2. The molecule has 0 aliphatic heterocycles. The van der Waals surface area contributed by atoms with Gasteiger partial charge in [-0.3, -0.25) is 9.48 Å². The Labute approximate surface area is 86.9 Å². The Morgan fingerprint density at radius 2 is 2.33 bits per heavy atom. The zero-order chi connectivity index (χ0) is 11.4. The lowest BCUT2D eigenvalue weighted by atomic mass is 10.1. The van der Waals surface area contributed by atoms with E-state index in [1.807, 2.05) is 0 Å². The van der Waals surface area contributed by atoms with Crippen molar-refractivity contribution in [3.8, 4) is 0 Å². The maximum absolute atomic E-state index is 10.8. The van der Waals surface area contributed by atoms with Gasteiger partial charge in [-0.1, -0.05) is 0 Å². The van der Waals surface area contributed by atoms with E-state index in [9.17, 15) is 9.59 Å². The Kier molecular flexibility index (Phi) is 3.43. The SMILES string of the molecule is CC(=O)NC(Cc1ccnn1C)C(=O)O. The molecule has 0 bridgehead atoms. The summed E-state index contributed by atoms with van der Waals surface area (Å²) in [7, 11) is 1.72. The van der Waals surface area contributed by atoms with E-state index in [4.69, 9.17) is 5.11 Å². The maximum Gasteiger partial charge on any atom is 0.326 e. The van der Waals surface area contributed by atoms with Crippen LogP contribution in [0.3, 0.4) is 0 Å². The highest BCUT2D eigenvalue weighted by molar-refractivity contribution is 5.82. The summed E-state index contributed by atoms with van der Waals surface area (Å²) in [5.74, 6) is -1.41. The van der Waals surface area contributed by atoms with Crippen LogP contribution in [0.1, 0.15) is 12.6 Å². The van der Waals surface area contributed by atoms with Crippen LogP contribution < -0.4 is 5.32 Å². The van der Waals surface area contributed by atoms with Gasteiger partial charge in [0, 0.05) is 32.3 Å². The van der Waals surface area contributed by atoms with Crippen LogP contribution in [0.4, 0.5) is 0 Å². The standard InChI is InChI=1S/C9H13N3O3/c1-6(13)11-8(9(14)15)5-7-3-4-10-12(7)2/h3-4,8H,5H2,1-2H3,(H,11,13)(H,14,15). The van der Waals surface area contributed by atoms with Gasteiger partial charge in [-0.2, -0.15) is 5.10 Å². The molecule has 0 fully saturated rings. The molecule has 0 saturated carbocycles. The lowest BCUT2D eigenvalue weighted by Gasteiger charge is -2.12. The number of aryl methyl sites for hydroxylation is 1. The summed E-state index contributed by atoms with van der Waals surface area (Å²) < 4.78 is 1.58. The molecule has 2 N–H and O–H groups in total. The Balaban J connectivity index is 2.71. The maximum atomic E-state index is 10.8. The number of hydrogen-bond acceptors (Lipinski definition) is 3. The average Bonchev–Trinajstić information content (AvgIpc) is 2.50. The van der Waals surface area contributed by atoms with Gasteiger partial charge in [-0.05, 0) is 6.07 Å². The molecule has 0 radical (unpaired) electrons. The van der Waals surface area contributed by atoms with E-state index in [0.29, 0.717) is 0 Å². The summed E-state index contributed by atoms with van der Waals surface area (Å²) in [5, 5.41) is 15.2. The van der Waals surface area contributed by atoms with Crippen LogP contribution in [-0.2, 0) is 23.1 Å². The van der Waals surface area contributed by atoms with Crippen molar-refractivity contribution in [2.45, 2.75) is 19.4 Å². The predicted molar refractivity (Wildman–Crippen MR) is 52.2 cm³/mol. The molecule has 6 heteroatoms. The number of rotatable bonds is 4. The first-order valence-electron chi connectivity index (χ1n) is 4.47. The Bertz CT molecular complexity index is 372. The topological polar surface area (TPSA) is 84.2 Å². The van der Waals surface area contributed by atoms with Crippen molar-refractivity contribution >= 4 is 11.9 Å². The minimum absolute atomic E-state index is 0.228. The molecule has 1 heterocycles. The Hall–Kier alpha value is -1.85. The van der Waals surface area contributed by atoms with Gasteiger partial charge in [0.05, 0.1) is 0 Å². The van der Waals surface area contributed by atoms with Crippen LogP contribution in [0, 0.1) is 0 Å². The van der Waals surface area contributed by atoms with Gasteiger partial charge in [0.2, 0.25) is 5.91 Å². The predicted octanol–water partition coefficient (Wildman–Crippen LogP) is -0.448. The first kappa shape index (κ1) is 11.2. The van der Waals surface area contributed by atoms with E-state index in [1.165, 1.54) is 6.92 Å². The molecule has 0 spiro atoms. The van der Waals surface area contributed by atoms with Gasteiger partial charge in [0.25, 0.3) is 0 Å². The molecule has 1 unspecified atom stereocenters. The zero-order valence-electron chi connectivity index (χ0n) is 8.60. The van der Waals surface area contributed by atoms with Crippen LogP contribution in [-0.4, -0.2) is 32.8 Å². The van der Waals surface area contributed by atoms with E-state index in [-0.39, 0.29) is 12.3 Å². The minimum Gasteiger partial charge on any atom is -0.480 e. The Morgan fingerprint density at radius 3 is 2.73 bits per heavy atom. The molecule has 1 aromatic heterocycles. The zero-order valence-corrected chi connectivity index (χ0v) is 8.60. The van der Waals surface area contributed by atoms with Gasteiger partial charge in [-0.15, -0.1) is 0 Å². The highest BCUT2D eigenvalue weighted by Crippen LogP contribution is 2.01. The second-order valence-electron chi connectivity index (χ2n) is 3.24. The molecule has 1 rings (SSSR count). The summed E-state index contributed by atoms with van der Waals surface area (Å²) in [6.07, 6.45) is 1.81. The number of carboxylic acid groups (broad SMARTS) is 1. The molecular formula is C9H13N3O3. The van der Waals surface area contributed by atoms with Crippen molar-refractivity contribution in [1.82, 2.24) is 15.1 Å². The number of nitrogens with one attached hydrogen (secondary N) is 1.